The lowest BCUT2D eigenvalue weighted by molar-refractivity contribution is 1.09. The standard InChI is InChI=1S/C13H10N4/c1-2-6-15-12(3-1)13-11(9-16-17-13)10-4-7-14-8-5-10/h1-9H,(H,16,17). The summed E-state index contributed by atoms with van der Waals surface area (Å²) in [5.74, 6) is 0. The van der Waals surface area contributed by atoms with E-state index in [1.54, 1.807) is 18.6 Å². The molecule has 0 aliphatic carbocycles. The lowest BCUT2D eigenvalue weighted by Gasteiger charge is -2.01. The van der Waals surface area contributed by atoms with E-state index in [0.717, 1.165) is 22.5 Å². The second-order valence-corrected chi connectivity index (χ2v) is 3.60. The Hall–Kier alpha value is -2.49. The molecule has 0 aliphatic heterocycles. The van der Waals surface area contributed by atoms with Gasteiger partial charge in [-0.15, -0.1) is 0 Å². The Morgan fingerprint density at radius 3 is 2.59 bits per heavy atom. The normalized spacial score (nSPS) is 10.4. The van der Waals surface area contributed by atoms with Crippen LogP contribution in [-0.4, -0.2) is 20.2 Å². The Bertz CT molecular complexity index is 548. The molecule has 0 fully saturated rings. The van der Waals surface area contributed by atoms with E-state index in [1.165, 1.54) is 0 Å². The maximum atomic E-state index is 4.31. The van der Waals surface area contributed by atoms with Gasteiger partial charge in [0.25, 0.3) is 0 Å². The predicted octanol–water partition coefficient (Wildman–Crippen LogP) is 2.53. The van der Waals surface area contributed by atoms with Gasteiger partial charge >= 0.3 is 0 Å². The average molecular weight is 222 g/mol. The number of aromatic amines is 1. The first-order chi connectivity index (χ1) is 8.45. The number of hydrogen-bond acceptors (Lipinski definition) is 3. The van der Waals surface area contributed by atoms with Gasteiger partial charge in [-0.05, 0) is 29.8 Å². The van der Waals surface area contributed by atoms with Crippen molar-refractivity contribution in [2.24, 2.45) is 0 Å². The summed E-state index contributed by atoms with van der Waals surface area (Å²) in [6.45, 7) is 0. The molecule has 0 atom stereocenters. The maximum absolute atomic E-state index is 4.31. The number of hydrogen-bond donors (Lipinski definition) is 1. The van der Waals surface area contributed by atoms with E-state index >= 15 is 0 Å². The zero-order valence-electron chi connectivity index (χ0n) is 9.04. The Morgan fingerprint density at radius 1 is 0.941 bits per heavy atom. The summed E-state index contributed by atoms with van der Waals surface area (Å²) in [4.78, 5) is 8.32. The fraction of sp³-hybridized carbons (Fsp3) is 0. The summed E-state index contributed by atoms with van der Waals surface area (Å²) in [7, 11) is 0. The van der Waals surface area contributed by atoms with Gasteiger partial charge in [-0.25, -0.2) is 0 Å². The van der Waals surface area contributed by atoms with Gasteiger partial charge in [0.15, 0.2) is 0 Å². The minimum atomic E-state index is 0.858. The zero-order valence-corrected chi connectivity index (χ0v) is 9.04. The maximum Gasteiger partial charge on any atom is 0.118 e. The van der Waals surface area contributed by atoms with Gasteiger partial charge < -0.3 is 0 Å². The van der Waals surface area contributed by atoms with Crippen LogP contribution in [0.5, 0.6) is 0 Å². The third-order valence-corrected chi connectivity index (χ3v) is 2.54. The van der Waals surface area contributed by atoms with Crippen LogP contribution in [-0.2, 0) is 0 Å². The molecule has 4 heteroatoms. The smallest absolute Gasteiger partial charge is 0.118 e. The monoisotopic (exact) mass is 222 g/mol. The van der Waals surface area contributed by atoms with Crippen molar-refractivity contribution in [1.82, 2.24) is 20.2 Å². The molecule has 0 aliphatic rings. The van der Waals surface area contributed by atoms with Crippen molar-refractivity contribution in [2.45, 2.75) is 0 Å². The molecule has 3 aromatic rings. The molecule has 1 N–H and O–H groups in total. The van der Waals surface area contributed by atoms with Crippen LogP contribution in [0.4, 0.5) is 0 Å². The van der Waals surface area contributed by atoms with Crippen molar-refractivity contribution >= 4 is 0 Å². The molecular weight excluding hydrogens is 212 g/mol. The fourth-order valence-corrected chi connectivity index (χ4v) is 1.74. The molecule has 0 amide bonds. The summed E-state index contributed by atoms with van der Waals surface area (Å²) in [5.41, 5.74) is 3.83. The molecule has 3 heterocycles. The van der Waals surface area contributed by atoms with Crippen LogP contribution in [0.3, 0.4) is 0 Å². The molecule has 4 nitrogen and oxygen atoms in total. The SMILES string of the molecule is c1ccc(-c2n[nH]cc2-c2ccncc2)nc1. The highest BCUT2D eigenvalue weighted by molar-refractivity contribution is 5.78. The van der Waals surface area contributed by atoms with Crippen LogP contribution in [0.2, 0.25) is 0 Å². The fourth-order valence-electron chi connectivity index (χ4n) is 1.74. The van der Waals surface area contributed by atoms with Crippen LogP contribution < -0.4 is 0 Å². The van der Waals surface area contributed by atoms with E-state index in [4.69, 9.17) is 0 Å². The molecule has 0 aromatic carbocycles. The summed E-state index contributed by atoms with van der Waals surface area (Å²) >= 11 is 0. The molecular formula is C13H10N4. The predicted molar refractivity (Wildman–Crippen MR) is 65.0 cm³/mol. The highest BCUT2D eigenvalue weighted by Gasteiger charge is 2.10. The average Bonchev–Trinajstić information content (AvgIpc) is 2.90. The lowest BCUT2D eigenvalue weighted by atomic mass is 10.1. The van der Waals surface area contributed by atoms with Crippen LogP contribution in [0.1, 0.15) is 0 Å². The van der Waals surface area contributed by atoms with Gasteiger partial charge in [-0.3, -0.25) is 15.1 Å². The molecule has 17 heavy (non-hydrogen) atoms. The minimum absolute atomic E-state index is 0.858. The van der Waals surface area contributed by atoms with E-state index in [1.807, 2.05) is 36.5 Å². The van der Waals surface area contributed by atoms with Crippen LogP contribution in [0.15, 0.2) is 55.1 Å². The van der Waals surface area contributed by atoms with Crippen LogP contribution in [0.25, 0.3) is 22.5 Å². The number of rotatable bonds is 2. The largest absolute Gasteiger partial charge is 0.284 e. The molecule has 0 saturated heterocycles. The number of nitrogens with zero attached hydrogens (tertiary/aromatic N) is 3. The molecule has 82 valence electrons. The van der Waals surface area contributed by atoms with Gasteiger partial charge in [0.2, 0.25) is 0 Å². The van der Waals surface area contributed by atoms with Crippen molar-refractivity contribution in [3.05, 3.63) is 55.1 Å². The molecule has 3 aromatic heterocycles. The molecule has 0 spiro atoms. The third kappa shape index (κ3) is 1.80. The Labute approximate surface area is 98.4 Å². The van der Waals surface area contributed by atoms with E-state index < -0.39 is 0 Å². The first-order valence-electron chi connectivity index (χ1n) is 5.31. The number of pyridine rings is 2. The highest BCUT2D eigenvalue weighted by atomic mass is 15.1. The zero-order chi connectivity index (χ0) is 11.5. The Morgan fingerprint density at radius 2 is 1.82 bits per heavy atom. The van der Waals surface area contributed by atoms with E-state index in [2.05, 4.69) is 20.2 Å². The van der Waals surface area contributed by atoms with E-state index in [0.29, 0.717) is 0 Å². The second kappa shape index (κ2) is 4.17. The molecule has 0 saturated carbocycles. The summed E-state index contributed by atoms with van der Waals surface area (Å²) in [6, 6.07) is 9.70. The van der Waals surface area contributed by atoms with Gasteiger partial charge in [0, 0.05) is 30.4 Å². The van der Waals surface area contributed by atoms with Crippen molar-refractivity contribution in [3.63, 3.8) is 0 Å². The lowest BCUT2D eigenvalue weighted by Crippen LogP contribution is -1.85. The van der Waals surface area contributed by atoms with Gasteiger partial charge in [0.05, 0.1) is 5.69 Å². The summed E-state index contributed by atoms with van der Waals surface area (Å²) in [6.07, 6.45) is 7.18. The first kappa shape index (κ1) is 9.72. The van der Waals surface area contributed by atoms with E-state index in [9.17, 15) is 0 Å². The molecule has 0 bridgehead atoms. The minimum Gasteiger partial charge on any atom is -0.284 e. The summed E-state index contributed by atoms with van der Waals surface area (Å²) < 4.78 is 0. The Balaban J connectivity index is 2.13. The van der Waals surface area contributed by atoms with Crippen molar-refractivity contribution in [3.8, 4) is 22.5 Å². The molecule has 0 radical (unpaired) electrons. The molecule has 3 rings (SSSR count). The van der Waals surface area contributed by atoms with Gasteiger partial charge in [0.1, 0.15) is 5.69 Å². The van der Waals surface area contributed by atoms with Crippen LogP contribution in [0, 0.1) is 0 Å². The van der Waals surface area contributed by atoms with Crippen molar-refractivity contribution < 1.29 is 0 Å². The van der Waals surface area contributed by atoms with Crippen LogP contribution >= 0.6 is 0 Å². The second-order valence-electron chi connectivity index (χ2n) is 3.60. The van der Waals surface area contributed by atoms with Gasteiger partial charge in [-0.1, -0.05) is 6.07 Å². The summed E-state index contributed by atoms with van der Waals surface area (Å²) in [5, 5.41) is 7.14. The number of nitrogens with one attached hydrogen (secondary N) is 1. The van der Waals surface area contributed by atoms with E-state index in [-0.39, 0.29) is 0 Å². The Kier molecular flexibility index (Phi) is 2.38. The number of H-pyrrole nitrogens is 1. The highest BCUT2D eigenvalue weighted by Crippen LogP contribution is 2.27. The topological polar surface area (TPSA) is 54.5 Å². The van der Waals surface area contributed by atoms with Crippen molar-refractivity contribution in [1.29, 1.82) is 0 Å². The third-order valence-electron chi connectivity index (χ3n) is 2.54. The molecule has 0 unspecified atom stereocenters. The quantitative estimate of drug-likeness (QED) is 0.724. The number of aromatic nitrogens is 4. The van der Waals surface area contributed by atoms with Gasteiger partial charge in [-0.2, -0.15) is 5.10 Å². The van der Waals surface area contributed by atoms with Crippen molar-refractivity contribution in [2.75, 3.05) is 0 Å². The first-order valence-corrected chi connectivity index (χ1v) is 5.31.